The van der Waals surface area contributed by atoms with Crippen LogP contribution in [0.25, 0.3) is 20.2 Å². The van der Waals surface area contributed by atoms with Gasteiger partial charge in [0.25, 0.3) is 6.71 Å². The lowest BCUT2D eigenvalue weighted by Crippen LogP contribution is -2.88. The summed E-state index contributed by atoms with van der Waals surface area (Å²) in [6, 6.07) is 62.9. The minimum atomic E-state index is -2.87. The lowest BCUT2D eigenvalue weighted by atomic mass is 9.30. The SMILES string of the molecule is Cc1ccc([Si]2(c3ccc(C)cc3)c3ccccc3B3c4ccc5sc6ccccc6c5c4N4c5cccc6c5B(c5ccccc5O6)c5ccc2c3c54)cc1. The van der Waals surface area contributed by atoms with Crippen molar-refractivity contribution in [2.24, 2.45) is 0 Å². The molecule has 1 aromatic heterocycles. The molecule has 0 N–H and O–H groups in total. The maximum Gasteiger partial charge on any atom is 0.256 e. The molecule has 13 rings (SSSR count). The minimum Gasteiger partial charge on any atom is -0.458 e. The minimum absolute atomic E-state index is 0.0512. The molecule has 4 aliphatic rings. The number of nitrogens with zero attached hydrogens (tertiary/aromatic N) is 1. The molecule has 260 valence electrons. The van der Waals surface area contributed by atoms with E-state index in [9.17, 15) is 0 Å². The Morgan fingerprint density at radius 2 is 1.12 bits per heavy atom. The average Bonchev–Trinajstić information content (AvgIpc) is 3.63. The zero-order valence-electron chi connectivity index (χ0n) is 31.0. The van der Waals surface area contributed by atoms with Crippen LogP contribution in [0.2, 0.25) is 0 Å². The van der Waals surface area contributed by atoms with Gasteiger partial charge >= 0.3 is 0 Å². The van der Waals surface area contributed by atoms with E-state index in [2.05, 4.69) is 183 Å². The summed E-state index contributed by atoms with van der Waals surface area (Å²) < 4.78 is 9.44. The van der Waals surface area contributed by atoms with Crippen molar-refractivity contribution in [3.63, 3.8) is 0 Å². The monoisotopic (exact) mass is 745 g/mol. The quantitative estimate of drug-likeness (QED) is 0.214. The van der Waals surface area contributed by atoms with E-state index in [4.69, 9.17) is 4.74 Å². The summed E-state index contributed by atoms with van der Waals surface area (Å²) in [6.45, 7) is 4.54. The highest BCUT2D eigenvalue weighted by Crippen LogP contribution is 2.47. The lowest BCUT2D eigenvalue weighted by Gasteiger charge is -2.50. The second-order valence-electron chi connectivity index (χ2n) is 16.0. The van der Waals surface area contributed by atoms with Gasteiger partial charge in [0.05, 0.1) is 5.69 Å². The number of hydrogen-bond acceptors (Lipinski definition) is 3. The highest BCUT2D eigenvalue weighted by atomic mass is 32.1. The number of benzene rings is 8. The van der Waals surface area contributed by atoms with Gasteiger partial charge in [0, 0.05) is 31.5 Å². The second kappa shape index (κ2) is 11.0. The lowest BCUT2D eigenvalue weighted by molar-refractivity contribution is 0.487. The molecule has 0 unspecified atom stereocenters. The van der Waals surface area contributed by atoms with Gasteiger partial charge in [0.2, 0.25) is 6.71 Å². The summed E-state index contributed by atoms with van der Waals surface area (Å²) in [4.78, 5) is 2.69. The summed E-state index contributed by atoms with van der Waals surface area (Å²) in [5.41, 5.74) is 14.6. The van der Waals surface area contributed by atoms with Crippen LogP contribution in [0.4, 0.5) is 17.1 Å². The number of hydrogen-bond donors (Lipinski definition) is 0. The molecule has 0 amide bonds. The molecule has 2 nitrogen and oxygen atoms in total. The Labute approximate surface area is 331 Å². The average molecular weight is 746 g/mol. The van der Waals surface area contributed by atoms with Gasteiger partial charge in [0.1, 0.15) is 11.5 Å². The van der Waals surface area contributed by atoms with Gasteiger partial charge in [-0.25, -0.2) is 0 Å². The third-order valence-electron chi connectivity index (χ3n) is 13.2. The van der Waals surface area contributed by atoms with Crippen LogP contribution in [0.5, 0.6) is 11.5 Å². The Morgan fingerprint density at radius 1 is 0.482 bits per heavy atom. The third kappa shape index (κ3) is 3.79. The Morgan fingerprint density at radius 3 is 1.93 bits per heavy atom. The van der Waals surface area contributed by atoms with Gasteiger partial charge in [-0.1, -0.05) is 150 Å². The van der Waals surface area contributed by atoms with Gasteiger partial charge in [-0.15, -0.1) is 11.3 Å². The summed E-state index contributed by atoms with van der Waals surface area (Å²) in [5.74, 6) is 1.90. The number of thiophene rings is 1. The van der Waals surface area contributed by atoms with E-state index in [0.29, 0.717) is 0 Å². The van der Waals surface area contributed by atoms with E-state index in [0.717, 1.165) is 11.5 Å². The zero-order chi connectivity index (χ0) is 36.9. The largest absolute Gasteiger partial charge is 0.458 e. The predicted molar refractivity (Wildman–Crippen MR) is 243 cm³/mol. The number of aryl methyl sites for hydroxylation is 2. The smallest absolute Gasteiger partial charge is 0.256 e. The van der Waals surface area contributed by atoms with E-state index in [1.165, 1.54) is 102 Å². The molecule has 0 saturated heterocycles. The van der Waals surface area contributed by atoms with Crippen LogP contribution < -0.4 is 63.2 Å². The molecule has 0 radical (unpaired) electrons. The highest BCUT2D eigenvalue weighted by molar-refractivity contribution is 7.27. The van der Waals surface area contributed by atoms with Gasteiger partial charge in [-0.05, 0) is 92.2 Å². The van der Waals surface area contributed by atoms with Crippen LogP contribution in [0, 0.1) is 13.8 Å². The van der Waals surface area contributed by atoms with E-state index in [-0.39, 0.29) is 13.4 Å². The number of ether oxygens (including phenoxy) is 1. The van der Waals surface area contributed by atoms with Crippen molar-refractivity contribution in [2.45, 2.75) is 13.8 Å². The summed E-state index contributed by atoms with van der Waals surface area (Å²) in [7, 11) is -2.87. The van der Waals surface area contributed by atoms with Gasteiger partial charge in [0.15, 0.2) is 8.07 Å². The highest BCUT2D eigenvalue weighted by Gasteiger charge is 2.56. The van der Waals surface area contributed by atoms with E-state index in [1.54, 1.807) is 0 Å². The van der Waals surface area contributed by atoms with E-state index >= 15 is 0 Å². The molecule has 56 heavy (non-hydrogen) atoms. The molecule has 4 aliphatic heterocycles. The van der Waals surface area contributed by atoms with Crippen molar-refractivity contribution >= 4 is 124 Å². The first-order valence-corrected chi connectivity index (χ1v) is 22.5. The molecule has 0 saturated carbocycles. The fraction of sp³-hybridized carbons (Fsp3) is 0.0400. The first-order chi connectivity index (χ1) is 27.6. The normalized spacial score (nSPS) is 14.8. The molecule has 8 aromatic carbocycles. The molecule has 6 heteroatoms. The van der Waals surface area contributed by atoms with Crippen LogP contribution >= 0.6 is 11.3 Å². The Hall–Kier alpha value is -6.07. The Bertz CT molecular complexity index is 3130. The number of fused-ring (bicyclic) bond motifs is 13. The standard InChI is InChI=1S/C50H33B2NOSSi/c1-30-18-22-32(23-19-30)56(33-24-20-31(2)21-25-33)44-17-8-5-12-36(44)52-37-26-28-43-46(34-10-3-7-16-42(34)55-43)49(37)53-39-13-9-15-41-47(39)51(35-11-4-6-14-40(35)54-41)38-27-29-45(56)48(52)50(38)53/h3-29H,1-2H3. The van der Waals surface area contributed by atoms with Crippen LogP contribution in [0.15, 0.2) is 164 Å². The maximum absolute atomic E-state index is 6.78. The number of rotatable bonds is 2. The molecule has 0 atom stereocenters. The van der Waals surface area contributed by atoms with Gasteiger partial charge in [-0.3, -0.25) is 0 Å². The maximum atomic E-state index is 6.78. The fourth-order valence-electron chi connectivity index (χ4n) is 11.0. The number of anilines is 3. The first-order valence-electron chi connectivity index (χ1n) is 19.7. The summed E-state index contributed by atoms with van der Waals surface area (Å²) in [6.07, 6.45) is 0. The predicted octanol–water partition coefficient (Wildman–Crippen LogP) is 5.60. The molecular formula is C50H33B2NOSSi. The number of para-hydroxylation sites is 1. The third-order valence-corrected chi connectivity index (χ3v) is 19.3. The van der Waals surface area contributed by atoms with Crippen LogP contribution in [0.1, 0.15) is 11.1 Å². The van der Waals surface area contributed by atoms with Crippen molar-refractivity contribution < 1.29 is 4.74 Å². The molecule has 0 spiro atoms. The Kier molecular flexibility index (Phi) is 6.14. The molecule has 0 bridgehead atoms. The molecule has 0 aliphatic carbocycles. The van der Waals surface area contributed by atoms with Crippen LogP contribution in [0.3, 0.4) is 0 Å². The van der Waals surface area contributed by atoms with Gasteiger partial charge in [-0.2, -0.15) is 0 Å². The van der Waals surface area contributed by atoms with E-state index < -0.39 is 8.07 Å². The molecular weight excluding hydrogens is 712 g/mol. The Balaban J connectivity index is 1.25. The zero-order valence-corrected chi connectivity index (χ0v) is 32.8. The van der Waals surface area contributed by atoms with Crippen LogP contribution in [-0.4, -0.2) is 21.5 Å². The fourth-order valence-corrected chi connectivity index (χ4v) is 17.3. The van der Waals surface area contributed by atoms with Crippen molar-refractivity contribution in [1.29, 1.82) is 0 Å². The van der Waals surface area contributed by atoms with Crippen molar-refractivity contribution in [2.75, 3.05) is 4.90 Å². The molecule has 0 fully saturated rings. The van der Waals surface area contributed by atoms with Gasteiger partial charge < -0.3 is 9.64 Å². The van der Waals surface area contributed by atoms with Crippen LogP contribution in [-0.2, 0) is 0 Å². The topological polar surface area (TPSA) is 12.5 Å². The van der Waals surface area contributed by atoms with E-state index in [1.807, 2.05) is 11.3 Å². The summed E-state index contributed by atoms with van der Waals surface area (Å²) in [5, 5.41) is 8.53. The van der Waals surface area contributed by atoms with Crippen molar-refractivity contribution in [3.8, 4) is 11.5 Å². The summed E-state index contributed by atoms with van der Waals surface area (Å²) >= 11 is 1.91. The van der Waals surface area contributed by atoms with Crippen molar-refractivity contribution in [1.82, 2.24) is 0 Å². The first kappa shape index (κ1) is 31.2. The molecule has 9 aromatic rings. The van der Waals surface area contributed by atoms with Crippen molar-refractivity contribution in [3.05, 3.63) is 175 Å². The molecule has 5 heterocycles. The second-order valence-corrected chi connectivity index (χ2v) is 20.9.